The van der Waals surface area contributed by atoms with Crippen LogP contribution in [0.3, 0.4) is 0 Å². The van der Waals surface area contributed by atoms with Crippen molar-refractivity contribution in [3.05, 3.63) is 24.3 Å². The summed E-state index contributed by atoms with van der Waals surface area (Å²) in [6.45, 7) is 11.7. The van der Waals surface area contributed by atoms with Gasteiger partial charge in [-0.1, -0.05) is 69.8 Å². The summed E-state index contributed by atoms with van der Waals surface area (Å²) >= 11 is 0. The summed E-state index contributed by atoms with van der Waals surface area (Å²) in [5, 5.41) is 10.6. The van der Waals surface area contributed by atoms with Crippen LogP contribution >= 0.6 is 0 Å². The Labute approximate surface area is 190 Å². The fraction of sp³-hybridized carbons (Fsp3) is 0.808. The van der Waals surface area contributed by atoms with Crippen LogP contribution in [0.2, 0.25) is 0 Å². The normalized spacial score (nSPS) is 20.1. The van der Waals surface area contributed by atoms with Crippen LogP contribution in [0, 0.1) is 0 Å². The number of rotatable bonds is 13. The third-order valence-corrected chi connectivity index (χ3v) is 5.48. The summed E-state index contributed by atoms with van der Waals surface area (Å²) in [6, 6.07) is -0.450. The molecule has 0 aliphatic carbocycles. The molecule has 2 atom stereocenters. The first kappa shape index (κ1) is 27.7. The molecule has 0 bridgehead atoms. The number of carbonyl (C=O) groups is 1. The Bertz CT molecular complexity index is 562. The van der Waals surface area contributed by atoms with Gasteiger partial charge in [0, 0.05) is 0 Å². The molecule has 0 unspecified atom stereocenters. The first-order chi connectivity index (χ1) is 14.6. The predicted molar refractivity (Wildman–Crippen MR) is 128 cm³/mol. The van der Waals surface area contributed by atoms with Crippen molar-refractivity contribution in [2.75, 3.05) is 6.61 Å². The second kappa shape index (κ2) is 13.9. The average Bonchev–Trinajstić information content (AvgIpc) is 2.99. The minimum absolute atomic E-state index is 0.288. The smallest absolute Gasteiger partial charge is 0.413 e. The summed E-state index contributed by atoms with van der Waals surface area (Å²) in [7, 11) is 0. The Balaban J connectivity index is 2.33. The number of nitrogens with zero attached hydrogens (tertiary/aromatic N) is 1. The van der Waals surface area contributed by atoms with Crippen LogP contribution in [-0.4, -0.2) is 46.2 Å². The predicted octanol–water partition coefficient (Wildman–Crippen LogP) is 6.75. The van der Waals surface area contributed by atoms with Crippen LogP contribution in [0.25, 0.3) is 0 Å². The van der Waals surface area contributed by atoms with Gasteiger partial charge in [0.2, 0.25) is 0 Å². The number of unbranched alkanes of at least 4 members (excludes halogenated alkanes) is 8. The standard InChI is InChI=1S/C26H47NO4/c1-7-8-9-10-11-12-13-14-15-16-17-18-19-20-23(28)22-21-30-26(5,6)27(22)24(29)31-25(2,3)4/h15-16,19-20,22-23,28H,7-14,17-18,21H2,1-6H3/b16-15+,20-19+/t22-,23+/m0/s1. The number of hydrogen-bond acceptors (Lipinski definition) is 4. The fourth-order valence-corrected chi connectivity index (χ4v) is 3.76. The van der Waals surface area contributed by atoms with Gasteiger partial charge in [0.15, 0.2) is 0 Å². The highest BCUT2D eigenvalue weighted by Crippen LogP contribution is 2.31. The van der Waals surface area contributed by atoms with E-state index in [4.69, 9.17) is 9.47 Å². The van der Waals surface area contributed by atoms with Crippen molar-refractivity contribution in [2.45, 2.75) is 129 Å². The Morgan fingerprint density at radius 2 is 1.65 bits per heavy atom. The summed E-state index contributed by atoms with van der Waals surface area (Å²) in [5.74, 6) is 0. The van der Waals surface area contributed by atoms with Crippen LogP contribution in [0.4, 0.5) is 4.79 Å². The van der Waals surface area contributed by atoms with Crippen molar-refractivity contribution >= 4 is 6.09 Å². The van der Waals surface area contributed by atoms with E-state index in [1.54, 1.807) is 6.08 Å². The molecule has 180 valence electrons. The SMILES string of the molecule is CCCCCCCCC/C=C/CC/C=C/[C@@H](O)[C@@H]1COC(C)(C)N1C(=O)OC(C)(C)C. The zero-order chi connectivity index (χ0) is 23.3. The molecule has 1 aliphatic rings. The highest BCUT2D eigenvalue weighted by atomic mass is 16.6. The zero-order valence-corrected chi connectivity index (χ0v) is 20.9. The average molecular weight is 438 g/mol. The molecule has 0 aromatic heterocycles. The van der Waals surface area contributed by atoms with Gasteiger partial charge in [-0.3, -0.25) is 4.90 Å². The first-order valence-corrected chi connectivity index (χ1v) is 12.2. The van der Waals surface area contributed by atoms with E-state index in [2.05, 4.69) is 19.1 Å². The van der Waals surface area contributed by atoms with Crippen LogP contribution in [-0.2, 0) is 9.47 Å². The lowest BCUT2D eigenvalue weighted by atomic mass is 10.1. The fourth-order valence-electron chi connectivity index (χ4n) is 3.76. The Hall–Kier alpha value is -1.33. The van der Waals surface area contributed by atoms with E-state index in [1.807, 2.05) is 40.7 Å². The summed E-state index contributed by atoms with van der Waals surface area (Å²) in [4.78, 5) is 14.2. The number of aliphatic hydroxyl groups excluding tert-OH is 1. The molecule has 0 radical (unpaired) electrons. The number of aliphatic hydroxyl groups is 1. The van der Waals surface area contributed by atoms with Crippen molar-refractivity contribution in [1.29, 1.82) is 0 Å². The molecule has 0 aromatic rings. The van der Waals surface area contributed by atoms with Crippen LogP contribution < -0.4 is 0 Å². The van der Waals surface area contributed by atoms with Crippen molar-refractivity contribution in [2.24, 2.45) is 0 Å². The maximum Gasteiger partial charge on any atom is 0.413 e. The first-order valence-electron chi connectivity index (χ1n) is 12.2. The second-order valence-corrected chi connectivity index (χ2v) is 10.1. The summed E-state index contributed by atoms with van der Waals surface area (Å²) in [6.07, 6.45) is 19.4. The van der Waals surface area contributed by atoms with Gasteiger partial charge in [-0.2, -0.15) is 0 Å². The molecule has 1 rings (SSSR count). The van der Waals surface area contributed by atoms with Crippen molar-refractivity contribution in [1.82, 2.24) is 4.90 Å². The molecule has 5 heteroatoms. The van der Waals surface area contributed by atoms with Crippen molar-refractivity contribution < 1.29 is 19.4 Å². The lowest BCUT2D eigenvalue weighted by Gasteiger charge is -2.36. The van der Waals surface area contributed by atoms with Crippen molar-refractivity contribution in [3.8, 4) is 0 Å². The quantitative estimate of drug-likeness (QED) is 0.256. The van der Waals surface area contributed by atoms with Crippen LogP contribution in [0.5, 0.6) is 0 Å². The lowest BCUT2D eigenvalue weighted by Crippen LogP contribution is -2.53. The molecule has 1 N–H and O–H groups in total. The maximum atomic E-state index is 12.7. The topological polar surface area (TPSA) is 59.0 Å². The minimum atomic E-state index is -0.805. The molecule has 31 heavy (non-hydrogen) atoms. The summed E-state index contributed by atoms with van der Waals surface area (Å²) in [5.41, 5.74) is -1.40. The molecule has 5 nitrogen and oxygen atoms in total. The van der Waals surface area contributed by atoms with E-state index in [1.165, 1.54) is 49.8 Å². The number of hydrogen-bond donors (Lipinski definition) is 1. The number of ether oxygens (including phenoxy) is 2. The monoisotopic (exact) mass is 437 g/mol. The molecule has 1 saturated heterocycles. The number of carbonyl (C=O) groups excluding carboxylic acids is 1. The maximum absolute atomic E-state index is 12.7. The third-order valence-electron chi connectivity index (χ3n) is 5.48. The molecule has 1 fully saturated rings. The van der Waals surface area contributed by atoms with Gasteiger partial charge >= 0.3 is 6.09 Å². The molecule has 0 aromatic carbocycles. The van der Waals surface area contributed by atoms with Gasteiger partial charge in [0.25, 0.3) is 0 Å². The van der Waals surface area contributed by atoms with Gasteiger partial charge in [-0.25, -0.2) is 4.79 Å². The van der Waals surface area contributed by atoms with E-state index in [0.717, 1.165) is 19.3 Å². The van der Waals surface area contributed by atoms with Gasteiger partial charge in [-0.05, 0) is 60.3 Å². The largest absolute Gasteiger partial charge is 0.444 e. The molecule has 0 saturated carbocycles. The van der Waals surface area contributed by atoms with E-state index in [-0.39, 0.29) is 6.61 Å². The Morgan fingerprint density at radius 3 is 2.29 bits per heavy atom. The Kier molecular flexibility index (Phi) is 12.5. The molecule has 1 aliphatic heterocycles. The highest BCUT2D eigenvalue weighted by Gasteiger charge is 2.47. The van der Waals surface area contributed by atoms with Gasteiger partial charge in [0.1, 0.15) is 11.3 Å². The minimum Gasteiger partial charge on any atom is -0.444 e. The zero-order valence-electron chi connectivity index (χ0n) is 20.9. The number of allylic oxidation sites excluding steroid dienone is 3. The number of amides is 1. The molecule has 1 amide bonds. The Morgan fingerprint density at radius 1 is 1.06 bits per heavy atom. The van der Waals surface area contributed by atoms with E-state index in [9.17, 15) is 9.90 Å². The molecular formula is C26H47NO4. The summed E-state index contributed by atoms with van der Waals surface area (Å²) < 4.78 is 11.3. The lowest BCUT2D eigenvalue weighted by molar-refractivity contribution is -0.0661. The van der Waals surface area contributed by atoms with Crippen LogP contribution in [0.15, 0.2) is 24.3 Å². The highest BCUT2D eigenvalue weighted by molar-refractivity contribution is 5.70. The van der Waals surface area contributed by atoms with Gasteiger partial charge in [0.05, 0.1) is 18.8 Å². The van der Waals surface area contributed by atoms with Gasteiger partial charge < -0.3 is 14.6 Å². The second-order valence-electron chi connectivity index (χ2n) is 10.1. The molecular weight excluding hydrogens is 390 g/mol. The van der Waals surface area contributed by atoms with Crippen LogP contribution in [0.1, 0.15) is 106 Å². The molecule has 0 spiro atoms. The van der Waals surface area contributed by atoms with E-state index >= 15 is 0 Å². The third kappa shape index (κ3) is 11.2. The van der Waals surface area contributed by atoms with E-state index < -0.39 is 29.6 Å². The van der Waals surface area contributed by atoms with E-state index in [0.29, 0.717) is 0 Å². The van der Waals surface area contributed by atoms with Gasteiger partial charge in [-0.15, -0.1) is 0 Å². The van der Waals surface area contributed by atoms with Crippen molar-refractivity contribution in [3.63, 3.8) is 0 Å². The molecule has 1 heterocycles.